The van der Waals surface area contributed by atoms with Crippen molar-refractivity contribution in [2.75, 3.05) is 5.32 Å². The van der Waals surface area contributed by atoms with Gasteiger partial charge in [0.05, 0.1) is 6.04 Å². The third-order valence-corrected chi connectivity index (χ3v) is 4.32. The van der Waals surface area contributed by atoms with E-state index < -0.39 is 0 Å². The molecule has 1 heterocycles. The van der Waals surface area contributed by atoms with Crippen molar-refractivity contribution >= 4 is 48.5 Å². The molecule has 0 bridgehead atoms. The Kier molecular flexibility index (Phi) is 3.85. The fourth-order valence-electron chi connectivity index (χ4n) is 2.13. The van der Waals surface area contributed by atoms with Crippen LogP contribution in [-0.4, -0.2) is 0 Å². The van der Waals surface area contributed by atoms with Gasteiger partial charge in [-0.1, -0.05) is 34.1 Å². The number of anilines is 1. The van der Waals surface area contributed by atoms with Crippen LogP contribution in [0.1, 0.15) is 18.7 Å². The zero-order chi connectivity index (χ0) is 14.1. The average molecular weight is 395 g/mol. The lowest BCUT2D eigenvalue weighted by Gasteiger charge is -2.14. The molecule has 0 fully saturated rings. The highest BCUT2D eigenvalue weighted by molar-refractivity contribution is 9.11. The first kappa shape index (κ1) is 13.7. The minimum absolute atomic E-state index is 0.0971. The number of hydrogen-bond donors (Lipinski definition) is 1. The molecule has 1 atom stereocenters. The van der Waals surface area contributed by atoms with Gasteiger partial charge in [-0.05, 0) is 53.2 Å². The highest BCUT2D eigenvalue weighted by Gasteiger charge is 2.12. The van der Waals surface area contributed by atoms with Crippen LogP contribution in [-0.2, 0) is 0 Å². The second-order valence-electron chi connectivity index (χ2n) is 4.68. The van der Waals surface area contributed by atoms with E-state index in [0.29, 0.717) is 0 Å². The summed E-state index contributed by atoms with van der Waals surface area (Å²) in [5.74, 6) is 0.931. The van der Waals surface area contributed by atoms with Gasteiger partial charge in [-0.15, -0.1) is 0 Å². The molecule has 0 saturated heterocycles. The standard InChI is InChI=1S/C16H13Br2NO/c1-10(19-14-7-6-12(17)9-13(14)18)16-8-11-4-2-3-5-15(11)20-16/h2-10,19H,1H3. The van der Waals surface area contributed by atoms with E-state index in [4.69, 9.17) is 4.42 Å². The zero-order valence-electron chi connectivity index (χ0n) is 10.9. The Morgan fingerprint density at radius 2 is 1.85 bits per heavy atom. The molecule has 1 unspecified atom stereocenters. The molecule has 2 nitrogen and oxygen atoms in total. The Bertz CT molecular complexity index is 718. The van der Waals surface area contributed by atoms with Crippen molar-refractivity contribution in [2.45, 2.75) is 13.0 Å². The molecule has 20 heavy (non-hydrogen) atoms. The van der Waals surface area contributed by atoms with Gasteiger partial charge in [-0.25, -0.2) is 0 Å². The van der Waals surface area contributed by atoms with Crippen LogP contribution < -0.4 is 5.32 Å². The van der Waals surface area contributed by atoms with Crippen molar-refractivity contribution in [3.8, 4) is 0 Å². The van der Waals surface area contributed by atoms with Crippen LogP contribution in [0, 0.1) is 0 Å². The number of halogens is 2. The number of benzene rings is 2. The molecule has 102 valence electrons. The number of hydrogen-bond acceptors (Lipinski definition) is 2. The summed E-state index contributed by atoms with van der Waals surface area (Å²) in [6.07, 6.45) is 0. The molecule has 3 aromatic rings. The molecule has 0 spiro atoms. The molecule has 0 aliphatic carbocycles. The molecule has 0 aliphatic heterocycles. The first-order chi connectivity index (χ1) is 9.63. The lowest BCUT2D eigenvalue weighted by Crippen LogP contribution is -2.05. The quantitative estimate of drug-likeness (QED) is 0.577. The van der Waals surface area contributed by atoms with Crippen molar-refractivity contribution in [3.05, 3.63) is 63.2 Å². The average Bonchev–Trinajstić information content (AvgIpc) is 2.86. The Balaban J connectivity index is 1.86. The van der Waals surface area contributed by atoms with Gasteiger partial charge in [0.25, 0.3) is 0 Å². The molecule has 3 rings (SSSR count). The normalized spacial score (nSPS) is 12.6. The first-order valence-electron chi connectivity index (χ1n) is 6.33. The monoisotopic (exact) mass is 393 g/mol. The highest BCUT2D eigenvalue weighted by Crippen LogP contribution is 2.31. The van der Waals surface area contributed by atoms with Crippen LogP contribution in [0.3, 0.4) is 0 Å². The minimum atomic E-state index is 0.0971. The zero-order valence-corrected chi connectivity index (χ0v) is 14.0. The van der Waals surface area contributed by atoms with Crippen molar-refractivity contribution in [1.82, 2.24) is 0 Å². The number of para-hydroxylation sites is 1. The summed E-state index contributed by atoms with van der Waals surface area (Å²) < 4.78 is 7.95. The van der Waals surface area contributed by atoms with Crippen LogP contribution >= 0.6 is 31.9 Å². The number of fused-ring (bicyclic) bond motifs is 1. The van der Waals surface area contributed by atoms with E-state index in [1.165, 1.54) is 0 Å². The molecule has 1 aromatic heterocycles. The summed E-state index contributed by atoms with van der Waals surface area (Å²) in [4.78, 5) is 0. The molecule has 1 N–H and O–H groups in total. The Morgan fingerprint density at radius 1 is 1.05 bits per heavy atom. The fourth-order valence-corrected chi connectivity index (χ4v) is 3.29. The van der Waals surface area contributed by atoms with E-state index >= 15 is 0 Å². The maximum atomic E-state index is 5.88. The highest BCUT2D eigenvalue weighted by atomic mass is 79.9. The lowest BCUT2D eigenvalue weighted by atomic mass is 10.2. The third-order valence-electron chi connectivity index (χ3n) is 3.17. The van der Waals surface area contributed by atoms with Crippen LogP contribution in [0.15, 0.2) is 61.9 Å². The summed E-state index contributed by atoms with van der Waals surface area (Å²) in [5, 5.41) is 4.58. The molecule has 4 heteroatoms. The van der Waals surface area contributed by atoms with E-state index in [9.17, 15) is 0 Å². The van der Waals surface area contributed by atoms with E-state index in [1.807, 2.05) is 36.4 Å². The first-order valence-corrected chi connectivity index (χ1v) is 7.92. The number of furan rings is 1. The third kappa shape index (κ3) is 2.76. The molecular weight excluding hydrogens is 382 g/mol. The molecule has 0 amide bonds. The van der Waals surface area contributed by atoms with Crippen LogP contribution in [0.25, 0.3) is 11.0 Å². The lowest BCUT2D eigenvalue weighted by molar-refractivity contribution is 0.526. The minimum Gasteiger partial charge on any atom is -0.459 e. The van der Waals surface area contributed by atoms with E-state index in [2.05, 4.69) is 56.2 Å². The van der Waals surface area contributed by atoms with Gasteiger partial charge in [-0.3, -0.25) is 0 Å². The summed E-state index contributed by atoms with van der Waals surface area (Å²) in [6, 6.07) is 16.3. The molecule has 0 saturated carbocycles. The SMILES string of the molecule is CC(Nc1ccc(Br)cc1Br)c1cc2ccccc2o1. The van der Waals surface area contributed by atoms with Crippen molar-refractivity contribution in [3.63, 3.8) is 0 Å². The number of rotatable bonds is 3. The van der Waals surface area contributed by atoms with Crippen molar-refractivity contribution in [2.24, 2.45) is 0 Å². The molecule has 0 radical (unpaired) electrons. The second-order valence-corrected chi connectivity index (χ2v) is 6.45. The summed E-state index contributed by atoms with van der Waals surface area (Å²) in [6.45, 7) is 2.09. The van der Waals surface area contributed by atoms with E-state index in [-0.39, 0.29) is 6.04 Å². The van der Waals surface area contributed by atoms with Crippen LogP contribution in [0.4, 0.5) is 5.69 Å². The maximum absolute atomic E-state index is 5.88. The van der Waals surface area contributed by atoms with Crippen LogP contribution in [0.5, 0.6) is 0 Å². The maximum Gasteiger partial charge on any atom is 0.134 e. The van der Waals surface area contributed by atoms with Crippen molar-refractivity contribution < 1.29 is 4.42 Å². The smallest absolute Gasteiger partial charge is 0.134 e. The van der Waals surface area contributed by atoms with Gasteiger partial charge in [0.2, 0.25) is 0 Å². The molecule has 2 aromatic carbocycles. The predicted octanol–water partition coefficient (Wildman–Crippen LogP) is 6.13. The Morgan fingerprint density at radius 3 is 2.60 bits per heavy atom. The Labute approximate surface area is 134 Å². The van der Waals surface area contributed by atoms with Crippen molar-refractivity contribution in [1.29, 1.82) is 0 Å². The molecule has 0 aliphatic rings. The second kappa shape index (κ2) is 5.62. The van der Waals surface area contributed by atoms with E-state index in [1.54, 1.807) is 0 Å². The largest absolute Gasteiger partial charge is 0.459 e. The van der Waals surface area contributed by atoms with Gasteiger partial charge in [-0.2, -0.15) is 0 Å². The molecular formula is C16H13Br2NO. The summed E-state index contributed by atoms with van der Waals surface area (Å²) in [7, 11) is 0. The number of nitrogens with one attached hydrogen (secondary N) is 1. The fraction of sp³-hybridized carbons (Fsp3) is 0.125. The van der Waals surface area contributed by atoms with Gasteiger partial charge < -0.3 is 9.73 Å². The Hall–Kier alpha value is -1.26. The van der Waals surface area contributed by atoms with Gasteiger partial charge in [0, 0.05) is 20.0 Å². The summed E-state index contributed by atoms with van der Waals surface area (Å²) in [5.41, 5.74) is 1.96. The topological polar surface area (TPSA) is 25.2 Å². The van der Waals surface area contributed by atoms with Gasteiger partial charge >= 0.3 is 0 Å². The van der Waals surface area contributed by atoms with Gasteiger partial charge in [0.15, 0.2) is 0 Å². The summed E-state index contributed by atoms with van der Waals surface area (Å²) >= 11 is 7.01. The van der Waals surface area contributed by atoms with Gasteiger partial charge in [0.1, 0.15) is 11.3 Å². The van der Waals surface area contributed by atoms with Crippen LogP contribution in [0.2, 0.25) is 0 Å². The predicted molar refractivity (Wildman–Crippen MR) is 90.1 cm³/mol. The van der Waals surface area contributed by atoms with E-state index in [0.717, 1.165) is 31.4 Å².